The highest BCUT2D eigenvalue weighted by molar-refractivity contribution is 5.05. The van der Waals surface area contributed by atoms with Crippen molar-refractivity contribution in [3.05, 3.63) is 0 Å². The van der Waals surface area contributed by atoms with Crippen molar-refractivity contribution in [3.63, 3.8) is 0 Å². The Balaban J connectivity index is 1.95. The molecule has 2 aliphatic carbocycles. The molecular formula is C9H14N2. The third-order valence-electron chi connectivity index (χ3n) is 3.72. The molecule has 2 unspecified atom stereocenters. The van der Waals surface area contributed by atoms with Crippen molar-refractivity contribution in [2.45, 2.75) is 50.6 Å². The summed E-state index contributed by atoms with van der Waals surface area (Å²) in [4.78, 5) is 0. The average Bonchev–Trinajstić information content (AvgIpc) is 2.86. The third kappa shape index (κ3) is 0.784. The Kier molecular flexibility index (Phi) is 1.03. The van der Waals surface area contributed by atoms with Gasteiger partial charge in [-0.05, 0) is 43.9 Å². The molecule has 0 aromatic heterocycles. The van der Waals surface area contributed by atoms with Crippen LogP contribution in [0.5, 0.6) is 0 Å². The molecule has 1 spiro atoms. The second-order valence-electron chi connectivity index (χ2n) is 4.38. The predicted octanol–water partition coefficient (Wildman–Crippen LogP) is 2.54. The topological polar surface area (TPSA) is 24.7 Å². The zero-order valence-corrected chi connectivity index (χ0v) is 6.79. The molecule has 2 bridgehead atoms. The molecule has 0 N–H and O–H groups in total. The summed E-state index contributed by atoms with van der Waals surface area (Å²) in [7, 11) is 0. The maximum atomic E-state index is 4.43. The minimum atomic E-state index is 0.603. The van der Waals surface area contributed by atoms with E-state index in [2.05, 4.69) is 10.2 Å². The first-order chi connectivity index (χ1) is 5.39. The lowest BCUT2D eigenvalue weighted by molar-refractivity contribution is 0.362. The first kappa shape index (κ1) is 6.15. The average molecular weight is 150 g/mol. The van der Waals surface area contributed by atoms with Crippen LogP contribution in [0.3, 0.4) is 0 Å². The van der Waals surface area contributed by atoms with Crippen LogP contribution < -0.4 is 0 Å². The van der Waals surface area contributed by atoms with Crippen LogP contribution in [-0.4, -0.2) is 12.1 Å². The van der Waals surface area contributed by atoms with Crippen molar-refractivity contribution >= 4 is 0 Å². The second-order valence-corrected chi connectivity index (χ2v) is 4.38. The fourth-order valence-electron chi connectivity index (χ4n) is 2.64. The van der Waals surface area contributed by atoms with E-state index in [9.17, 15) is 0 Å². The van der Waals surface area contributed by atoms with Gasteiger partial charge in [-0.25, -0.2) is 0 Å². The van der Waals surface area contributed by atoms with Gasteiger partial charge in [0.05, 0.1) is 12.1 Å². The van der Waals surface area contributed by atoms with Gasteiger partial charge in [0.25, 0.3) is 0 Å². The second kappa shape index (κ2) is 1.85. The quantitative estimate of drug-likeness (QED) is 0.507. The largest absolute Gasteiger partial charge is 0.191 e. The van der Waals surface area contributed by atoms with E-state index in [0.29, 0.717) is 17.5 Å². The van der Waals surface area contributed by atoms with Gasteiger partial charge in [-0.3, -0.25) is 0 Å². The van der Waals surface area contributed by atoms with Crippen LogP contribution in [0.2, 0.25) is 0 Å². The molecule has 4 aliphatic rings. The monoisotopic (exact) mass is 150 g/mol. The summed E-state index contributed by atoms with van der Waals surface area (Å²) in [6.45, 7) is 0. The van der Waals surface area contributed by atoms with Crippen LogP contribution in [0.15, 0.2) is 10.2 Å². The van der Waals surface area contributed by atoms with E-state index in [4.69, 9.17) is 0 Å². The molecule has 0 aromatic rings. The number of rotatable bonds is 0. The van der Waals surface area contributed by atoms with Crippen LogP contribution in [0.1, 0.15) is 38.5 Å². The van der Waals surface area contributed by atoms with Gasteiger partial charge in [-0.1, -0.05) is 0 Å². The van der Waals surface area contributed by atoms with Gasteiger partial charge in [-0.2, -0.15) is 10.2 Å². The van der Waals surface area contributed by atoms with Crippen molar-refractivity contribution in [1.82, 2.24) is 0 Å². The van der Waals surface area contributed by atoms with Gasteiger partial charge >= 0.3 is 0 Å². The summed E-state index contributed by atoms with van der Waals surface area (Å²) < 4.78 is 0. The van der Waals surface area contributed by atoms with Gasteiger partial charge in [0.1, 0.15) is 0 Å². The minimum Gasteiger partial charge on any atom is -0.191 e. The lowest BCUT2D eigenvalue weighted by Gasteiger charge is -2.19. The smallest absolute Gasteiger partial charge is 0.0765 e. The van der Waals surface area contributed by atoms with Gasteiger partial charge in [0, 0.05) is 0 Å². The summed E-state index contributed by atoms with van der Waals surface area (Å²) in [5.41, 5.74) is 0.661. The van der Waals surface area contributed by atoms with Gasteiger partial charge in [0.15, 0.2) is 0 Å². The summed E-state index contributed by atoms with van der Waals surface area (Å²) in [5, 5.41) is 8.78. The van der Waals surface area contributed by atoms with E-state index in [-0.39, 0.29) is 0 Å². The molecule has 0 radical (unpaired) electrons. The lowest BCUT2D eigenvalue weighted by Crippen LogP contribution is -2.19. The zero-order chi connectivity index (χ0) is 7.31. The van der Waals surface area contributed by atoms with Gasteiger partial charge < -0.3 is 0 Å². The highest BCUT2D eigenvalue weighted by Gasteiger charge is 2.52. The standard InChI is InChI=1S/C9H14N2/c1-2-8-9(5-6-9)4-3-7(1)10-11-8/h7-8H,1-6H2. The van der Waals surface area contributed by atoms with E-state index < -0.39 is 0 Å². The fourth-order valence-corrected chi connectivity index (χ4v) is 2.64. The first-order valence-electron chi connectivity index (χ1n) is 4.79. The van der Waals surface area contributed by atoms with Crippen molar-refractivity contribution in [1.29, 1.82) is 0 Å². The van der Waals surface area contributed by atoms with E-state index in [1.54, 1.807) is 0 Å². The van der Waals surface area contributed by atoms with E-state index in [1.807, 2.05) is 0 Å². The lowest BCUT2D eigenvalue weighted by atomic mass is 9.92. The van der Waals surface area contributed by atoms with Crippen molar-refractivity contribution in [2.75, 3.05) is 0 Å². The Hall–Kier alpha value is -0.400. The van der Waals surface area contributed by atoms with Crippen molar-refractivity contribution in [3.8, 4) is 0 Å². The van der Waals surface area contributed by atoms with Crippen molar-refractivity contribution < 1.29 is 0 Å². The van der Waals surface area contributed by atoms with Crippen LogP contribution >= 0.6 is 0 Å². The van der Waals surface area contributed by atoms with Gasteiger partial charge in [-0.15, -0.1) is 0 Å². The number of azo groups is 1. The zero-order valence-electron chi connectivity index (χ0n) is 6.79. The maximum absolute atomic E-state index is 4.43. The maximum Gasteiger partial charge on any atom is 0.0765 e. The van der Waals surface area contributed by atoms with Crippen LogP contribution in [0.25, 0.3) is 0 Å². The fraction of sp³-hybridized carbons (Fsp3) is 1.00. The molecule has 2 atom stereocenters. The normalized spacial score (nSPS) is 44.4. The number of hydrogen-bond acceptors (Lipinski definition) is 2. The predicted molar refractivity (Wildman–Crippen MR) is 42.6 cm³/mol. The molecule has 2 heterocycles. The van der Waals surface area contributed by atoms with E-state index >= 15 is 0 Å². The summed E-state index contributed by atoms with van der Waals surface area (Å²) >= 11 is 0. The molecule has 2 aliphatic heterocycles. The third-order valence-corrected chi connectivity index (χ3v) is 3.72. The number of hydrogen-bond donors (Lipinski definition) is 0. The number of fused-ring (bicyclic) bond motifs is 2. The van der Waals surface area contributed by atoms with Crippen LogP contribution in [0, 0.1) is 5.41 Å². The number of nitrogens with zero attached hydrogens (tertiary/aromatic N) is 2. The molecule has 2 heteroatoms. The molecule has 0 amide bonds. The Labute approximate surface area is 67.1 Å². The molecule has 0 aromatic carbocycles. The Morgan fingerprint density at radius 2 is 1.82 bits per heavy atom. The van der Waals surface area contributed by atoms with Crippen molar-refractivity contribution in [2.24, 2.45) is 15.6 Å². The Morgan fingerprint density at radius 3 is 2.45 bits per heavy atom. The molecule has 60 valence electrons. The minimum absolute atomic E-state index is 0.603. The van der Waals surface area contributed by atoms with Crippen LogP contribution in [0.4, 0.5) is 0 Å². The Morgan fingerprint density at radius 1 is 0.909 bits per heavy atom. The molecule has 0 saturated heterocycles. The van der Waals surface area contributed by atoms with E-state index in [0.717, 1.165) is 0 Å². The molecule has 2 nitrogen and oxygen atoms in total. The van der Waals surface area contributed by atoms with Crippen LogP contribution in [-0.2, 0) is 0 Å². The Bertz CT molecular complexity index is 206. The first-order valence-corrected chi connectivity index (χ1v) is 4.79. The summed E-state index contributed by atoms with van der Waals surface area (Å²) in [6.07, 6.45) is 8.24. The molecule has 11 heavy (non-hydrogen) atoms. The highest BCUT2D eigenvalue weighted by atomic mass is 15.2. The molecular weight excluding hydrogens is 136 g/mol. The molecule has 4 rings (SSSR count). The van der Waals surface area contributed by atoms with E-state index in [1.165, 1.54) is 38.5 Å². The molecule has 2 saturated carbocycles. The highest BCUT2D eigenvalue weighted by Crippen LogP contribution is 2.58. The molecule has 2 fully saturated rings. The SMILES string of the molecule is C1CC2N=NC1CCC21CC1. The summed E-state index contributed by atoms with van der Waals surface area (Å²) in [6, 6.07) is 1.23. The summed E-state index contributed by atoms with van der Waals surface area (Å²) in [5.74, 6) is 0. The van der Waals surface area contributed by atoms with Gasteiger partial charge in [0.2, 0.25) is 0 Å².